The number of nitrogens with two attached hydrogens (primary N) is 1. The average Bonchev–Trinajstić information content (AvgIpc) is 2.83. The zero-order chi connectivity index (χ0) is 13.5. The van der Waals surface area contributed by atoms with Crippen LogP contribution in [0.3, 0.4) is 0 Å². The summed E-state index contributed by atoms with van der Waals surface area (Å²) < 4.78 is 0. The number of nitrogen functional groups attached to an aromatic ring is 1. The van der Waals surface area contributed by atoms with Crippen molar-refractivity contribution in [3.05, 3.63) is 11.4 Å². The van der Waals surface area contributed by atoms with E-state index in [0.717, 1.165) is 30.3 Å². The Labute approximate surface area is 115 Å². The molecule has 19 heavy (non-hydrogen) atoms. The second-order valence-corrected chi connectivity index (χ2v) is 6.30. The van der Waals surface area contributed by atoms with Gasteiger partial charge in [-0.15, -0.1) is 0 Å². The van der Waals surface area contributed by atoms with E-state index in [2.05, 4.69) is 14.9 Å². The maximum absolute atomic E-state index is 5.97. The van der Waals surface area contributed by atoms with Crippen molar-refractivity contribution in [3.63, 3.8) is 0 Å². The van der Waals surface area contributed by atoms with Crippen molar-refractivity contribution in [2.45, 2.75) is 52.4 Å². The van der Waals surface area contributed by atoms with Gasteiger partial charge in [0.2, 0.25) is 0 Å². The van der Waals surface area contributed by atoms with Crippen LogP contribution in [0.4, 0.5) is 11.6 Å². The Morgan fingerprint density at radius 1 is 1.00 bits per heavy atom. The molecule has 1 saturated carbocycles. The quantitative estimate of drug-likeness (QED) is 0.843. The van der Waals surface area contributed by atoms with E-state index in [9.17, 15) is 0 Å². The fraction of sp³-hybridized carbons (Fsp3) is 0.733. The topological polar surface area (TPSA) is 55.0 Å². The van der Waals surface area contributed by atoms with Crippen LogP contribution in [-0.2, 0) is 0 Å². The normalized spacial score (nSPS) is 22.1. The third kappa shape index (κ3) is 2.28. The molecule has 0 atom stereocenters. The average molecular weight is 260 g/mol. The highest BCUT2D eigenvalue weighted by Gasteiger charge is 2.37. The molecule has 0 amide bonds. The second-order valence-electron chi connectivity index (χ2n) is 6.30. The standard InChI is InChI=1S/C15H24N4/c1-11-13(16)17-12(2)18-14(11)19-9-7-15(8-10-19)5-3-4-6-15/h3-10H2,1-2H3,(H2,16,17,18). The van der Waals surface area contributed by atoms with Crippen LogP contribution in [0.5, 0.6) is 0 Å². The summed E-state index contributed by atoms with van der Waals surface area (Å²) in [6, 6.07) is 0. The molecular weight excluding hydrogens is 236 g/mol. The Bertz CT molecular complexity index is 467. The molecule has 104 valence electrons. The van der Waals surface area contributed by atoms with Crippen molar-refractivity contribution in [1.82, 2.24) is 9.97 Å². The molecule has 3 rings (SSSR count). The van der Waals surface area contributed by atoms with Gasteiger partial charge in [0.15, 0.2) is 0 Å². The first-order chi connectivity index (χ1) is 9.10. The van der Waals surface area contributed by atoms with Gasteiger partial charge in [0.1, 0.15) is 17.5 Å². The maximum atomic E-state index is 5.97. The van der Waals surface area contributed by atoms with Crippen molar-refractivity contribution < 1.29 is 0 Å². The van der Waals surface area contributed by atoms with E-state index in [1.807, 2.05) is 13.8 Å². The number of rotatable bonds is 1. The molecule has 0 radical (unpaired) electrons. The lowest BCUT2D eigenvalue weighted by Gasteiger charge is -2.40. The second kappa shape index (κ2) is 4.66. The lowest BCUT2D eigenvalue weighted by molar-refractivity contribution is 0.226. The van der Waals surface area contributed by atoms with Gasteiger partial charge in [-0.05, 0) is 44.9 Å². The Balaban J connectivity index is 1.78. The number of aromatic nitrogens is 2. The fourth-order valence-corrected chi connectivity index (χ4v) is 3.76. The minimum Gasteiger partial charge on any atom is -0.383 e. The number of aryl methyl sites for hydroxylation is 1. The molecule has 2 heterocycles. The zero-order valence-corrected chi connectivity index (χ0v) is 12.1. The SMILES string of the molecule is Cc1nc(N)c(C)c(N2CCC3(CCCC3)CC2)n1. The van der Waals surface area contributed by atoms with Gasteiger partial charge in [-0.25, -0.2) is 9.97 Å². The van der Waals surface area contributed by atoms with Crippen molar-refractivity contribution in [2.24, 2.45) is 5.41 Å². The van der Waals surface area contributed by atoms with Crippen molar-refractivity contribution in [1.29, 1.82) is 0 Å². The molecular formula is C15H24N4. The first-order valence-corrected chi connectivity index (χ1v) is 7.45. The van der Waals surface area contributed by atoms with Crippen LogP contribution in [-0.4, -0.2) is 23.1 Å². The number of anilines is 2. The van der Waals surface area contributed by atoms with Gasteiger partial charge >= 0.3 is 0 Å². The zero-order valence-electron chi connectivity index (χ0n) is 12.1. The number of hydrogen-bond acceptors (Lipinski definition) is 4. The van der Waals surface area contributed by atoms with Crippen molar-refractivity contribution >= 4 is 11.6 Å². The predicted octanol–water partition coefficient (Wildman–Crippen LogP) is 2.84. The highest BCUT2D eigenvalue weighted by atomic mass is 15.2. The van der Waals surface area contributed by atoms with Gasteiger partial charge < -0.3 is 10.6 Å². The summed E-state index contributed by atoms with van der Waals surface area (Å²) in [5, 5.41) is 0. The van der Waals surface area contributed by atoms with Gasteiger partial charge in [0.05, 0.1) is 0 Å². The van der Waals surface area contributed by atoms with Gasteiger partial charge in [-0.1, -0.05) is 12.8 Å². The molecule has 2 N–H and O–H groups in total. The molecule has 4 heteroatoms. The molecule has 1 aromatic rings. The summed E-state index contributed by atoms with van der Waals surface area (Å²) in [5.41, 5.74) is 7.65. The summed E-state index contributed by atoms with van der Waals surface area (Å²) in [7, 11) is 0. The number of hydrogen-bond donors (Lipinski definition) is 1. The van der Waals surface area contributed by atoms with E-state index in [1.165, 1.54) is 38.5 Å². The smallest absolute Gasteiger partial charge is 0.137 e. The first-order valence-electron chi connectivity index (χ1n) is 7.45. The molecule has 2 fully saturated rings. The van der Waals surface area contributed by atoms with Crippen LogP contribution >= 0.6 is 0 Å². The third-order valence-electron chi connectivity index (χ3n) is 5.06. The molecule has 1 spiro atoms. The van der Waals surface area contributed by atoms with Crippen LogP contribution in [0.2, 0.25) is 0 Å². The van der Waals surface area contributed by atoms with E-state index < -0.39 is 0 Å². The lowest BCUT2D eigenvalue weighted by Crippen LogP contribution is -2.39. The van der Waals surface area contributed by atoms with Crippen molar-refractivity contribution in [3.8, 4) is 0 Å². The van der Waals surface area contributed by atoms with Crippen LogP contribution < -0.4 is 10.6 Å². The summed E-state index contributed by atoms with van der Waals surface area (Å²) in [4.78, 5) is 11.3. The fourth-order valence-electron chi connectivity index (χ4n) is 3.76. The Kier molecular flexibility index (Phi) is 3.11. The van der Waals surface area contributed by atoms with E-state index in [0.29, 0.717) is 11.2 Å². The van der Waals surface area contributed by atoms with Gasteiger partial charge in [-0.3, -0.25) is 0 Å². The van der Waals surface area contributed by atoms with Crippen LogP contribution in [0.25, 0.3) is 0 Å². The summed E-state index contributed by atoms with van der Waals surface area (Å²) in [6.07, 6.45) is 8.36. The monoisotopic (exact) mass is 260 g/mol. The van der Waals surface area contributed by atoms with Gasteiger partial charge in [0, 0.05) is 18.7 Å². The highest BCUT2D eigenvalue weighted by Crippen LogP contribution is 2.46. The van der Waals surface area contributed by atoms with E-state index in [-0.39, 0.29) is 0 Å². The molecule has 0 bridgehead atoms. The molecule has 1 aliphatic heterocycles. The number of nitrogens with zero attached hydrogens (tertiary/aromatic N) is 3. The van der Waals surface area contributed by atoms with Crippen LogP contribution in [0, 0.1) is 19.3 Å². The largest absolute Gasteiger partial charge is 0.383 e. The molecule has 4 nitrogen and oxygen atoms in total. The Morgan fingerprint density at radius 2 is 1.63 bits per heavy atom. The molecule has 0 unspecified atom stereocenters. The highest BCUT2D eigenvalue weighted by molar-refractivity contribution is 5.56. The summed E-state index contributed by atoms with van der Waals surface area (Å²) >= 11 is 0. The minimum absolute atomic E-state index is 0.628. The first kappa shape index (κ1) is 12.7. The Hall–Kier alpha value is -1.32. The lowest BCUT2D eigenvalue weighted by atomic mass is 9.77. The number of piperidine rings is 1. The molecule has 0 aromatic carbocycles. The van der Waals surface area contributed by atoms with Crippen molar-refractivity contribution in [2.75, 3.05) is 23.7 Å². The summed E-state index contributed by atoms with van der Waals surface area (Å²) in [6.45, 7) is 6.19. The van der Waals surface area contributed by atoms with Gasteiger partial charge in [-0.2, -0.15) is 0 Å². The van der Waals surface area contributed by atoms with E-state index in [4.69, 9.17) is 5.73 Å². The molecule has 2 aliphatic rings. The Morgan fingerprint density at radius 3 is 2.26 bits per heavy atom. The minimum atomic E-state index is 0.628. The molecule has 1 saturated heterocycles. The van der Waals surface area contributed by atoms with E-state index >= 15 is 0 Å². The summed E-state index contributed by atoms with van der Waals surface area (Å²) in [5.74, 6) is 2.46. The maximum Gasteiger partial charge on any atom is 0.137 e. The van der Waals surface area contributed by atoms with Crippen LogP contribution in [0.15, 0.2) is 0 Å². The van der Waals surface area contributed by atoms with Crippen LogP contribution in [0.1, 0.15) is 49.9 Å². The third-order valence-corrected chi connectivity index (χ3v) is 5.06. The molecule has 1 aromatic heterocycles. The van der Waals surface area contributed by atoms with Gasteiger partial charge in [0.25, 0.3) is 0 Å². The molecule has 1 aliphatic carbocycles. The van der Waals surface area contributed by atoms with E-state index in [1.54, 1.807) is 0 Å². The predicted molar refractivity (Wildman–Crippen MR) is 78.3 cm³/mol.